The number of halogens is 2. The van der Waals surface area contributed by atoms with Crippen molar-refractivity contribution >= 4 is 23.0 Å². The van der Waals surface area contributed by atoms with Gasteiger partial charge in [-0.2, -0.15) is 0 Å². The van der Waals surface area contributed by atoms with Gasteiger partial charge in [0.15, 0.2) is 5.82 Å². The smallest absolute Gasteiger partial charge is 0.160 e. The minimum Gasteiger partial charge on any atom is -0.303 e. The van der Waals surface area contributed by atoms with Crippen LogP contribution in [0.5, 0.6) is 0 Å². The molecule has 0 N–H and O–H groups in total. The maximum atomic E-state index is 15.2. The van der Waals surface area contributed by atoms with Crippen molar-refractivity contribution < 1.29 is 18.4 Å². The first-order valence-electron chi connectivity index (χ1n) is 12.5. The second kappa shape index (κ2) is 8.61. The molecule has 2 aromatic heterocycles. The summed E-state index contributed by atoms with van der Waals surface area (Å²) in [4.78, 5) is 39.2. The van der Waals surface area contributed by atoms with Gasteiger partial charge in [-0.1, -0.05) is 32.0 Å². The van der Waals surface area contributed by atoms with Crippen LogP contribution < -0.4 is 0 Å². The van der Waals surface area contributed by atoms with E-state index in [9.17, 15) is 14.0 Å². The van der Waals surface area contributed by atoms with Crippen molar-refractivity contribution in [2.45, 2.75) is 38.5 Å². The molecule has 6 rings (SSSR count). The number of aldehydes is 1. The van der Waals surface area contributed by atoms with E-state index in [1.807, 2.05) is 37.3 Å². The highest BCUT2D eigenvalue weighted by atomic mass is 19.1. The van der Waals surface area contributed by atoms with Crippen LogP contribution in [0.25, 0.3) is 33.5 Å². The summed E-state index contributed by atoms with van der Waals surface area (Å²) in [6.45, 7) is 3.95. The highest BCUT2D eigenvalue weighted by Crippen LogP contribution is 2.53. The van der Waals surface area contributed by atoms with Gasteiger partial charge in [-0.3, -0.25) is 9.78 Å². The maximum Gasteiger partial charge on any atom is 0.160 e. The summed E-state index contributed by atoms with van der Waals surface area (Å²) in [6, 6.07) is 13.0. The minimum absolute atomic E-state index is 0.00783. The van der Waals surface area contributed by atoms with Gasteiger partial charge in [0.2, 0.25) is 0 Å². The Hall–Kier alpha value is -3.87. The van der Waals surface area contributed by atoms with E-state index in [0.29, 0.717) is 30.8 Å². The zero-order valence-corrected chi connectivity index (χ0v) is 20.5. The molecule has 186 valence electrons. The highest BCUT2D eigenvalue weighted by molar-refractivity contribution is 5.96. The molecule has 4 aromatic rings. The van der Waals surface area contributed by atoms with Crippen LogP contribution in [-0.4, -0.2) is 27.0 Å². The Morgan fingerprint density at radius 2 is 1.86 bits per heavy atom. The summed E-state index contributed by atoms with van der Waals surface area (Å²) in [5.41, 5.74) is 3.08. The van der Waals surface area contributed by atoms with Gasteiger partial charge in [-0.15, -0.1) is 0 Å². The van der Waals surface area contributed by atoms with E-state index in [4.69, 9.17) is 9.97 Å². The Kier molecular flexibility index (Phi) is 5.48. The molecular formula is C30H25F2N3O2. The number of Topliss-reactive ketones (excluding diaryl/α,β-unsaturated/α-hetero) is 1. The van der Waals surface area contributed by atoms with Gasteiger partial charge in [0.1, 0.15) is 23.7 Å². The Labute approximate surface area is 213 Å². The molecule has 5 nitrogen and oxygen atoms in total. The Morgan fingerprint density at radius 1 is 1.05 bits per heavy atom. The van der Waals surface area contributed by atoms with Gasteiger partial charge >= 0.3 is 0 Å². The van der Waals surface area contributed by atoms with Crippen LogP contribution in [0.1, 0.15) is 37.9 Å². The van der Waals surface area contributed by atoms with Crippen molar-refractivity contribution in [1.29, 1.82) is 0 Å². The molecule has 0 amide bonds. The fraction of sp³-hybridized carbons (Fsp3) is 0.300. The highest BCUT2D eigenvalue weighted by Gasteiger charge is 2.53. The van der Waals surface area contributed by atoms with Crippen LogP contribution in [0, 0.1) is 29.4 Å². The predicted octanol–water partition coefficient (Wildman–Crippen LogP) is 5.88. The average Bonchev–Trinajstić information content (AvgIpc) is 2.90. The first kappa shape index (κ1) is 23.5. The standard InChI is InChI=1S/C30H25F2N3O2/c1-16-23-10-9-22-26(21-8-7-18(31)13-24(21)32)34-29(20-11-12-33-25-6-4-3-5-19(20)25)35-28(22)30(23,2)14-17(15-36)27(16)37/h3-8,11-13,15-17,23H,9-10,14H2,1-2H3/t16-,17?,23-,30-/m1/s1. The van der Waals surface area contributed by atoms with E-state index in [1.165, 1.54) is 12.1 Å². The summed E-state index contributed by atoms with van der Waals surface area (Å²) in [7, 11) is 0. The van der Waals surface area contributed by atoms with Gasteiger partial charge in [-0.25, -0.2) is 18.7 Å². The largest absolute Gasteiger partial charge is 0.303 e. The number of aromatic nitrogens is 3. The molecule has 2 aromatic carbocycles. The molecule has 0 spiro atoms. The Balaban J connectivity index is 1.66. The average molecular weight is 498 g/mol. The summed E-state index contributed by atoms with van der Waals surface area (Å²) in [6.07, 6.45) is 4.03. The lowest BCUT2D eigenvalue weighted by Gasteiger charge is -2.49. The number of carbonyl (C=O) groups excluding carboxylic acids is 2. The van der Waals surface area contributed by atoms with E-state index in [0.717, 1.165) is 40.1 Å². The number of fused-ring (bicyclic) bond motifs is 4. The summed E-state index contributed by atoms with van der Waals surface area (Å²) in [5, 5.41) is 0.853. The molecule has 1 fully saturated rings. The SMILES string of the molecule is C[C@H]1C(=O)C(C=O)C[C@@]2(C)c3nc(-c4ccnc5ccccc45)nc(-c4ccc(F)cc4F)c3CC[C@H]12. The van der Waals surface area contributed by atoms with E-state index in [2.05, 4.69) is 11.9 Å². The number of hydrogen-bond donors (Lipinski definition) is 0. The van der Waals surface area contributed by atoms with Crippen LogP contribution in [-0.2, 0) is 21.4 Å². The lowest BCUT2D eigenvalue weighted by Crippen LogP contribution is -2.51. The van der Waals surface area contributed by atoms with Gasteiger partial charge in [0.05, 0.1) is 22.8 Å². The maximum absolute atomic E-state index is 15.2. The van der Waals surface area contributed by atoms with E-state index in [1.54, 1.807) is 6.20 Å². The van der Waals surface area contributed by atoms with Crippen molar-refractivity contribution in [3.05, 3.63) is 77.6 Å². The second-order valence-electron chi connectivity index (χ2n) is 10.4. The van der Waals surface area contributed by atoms with Gasteiger partial charge in [0, 0.05) is 45.7 Å². The van der Waals surface area contributed by atoms with Gasteiger partial charge in [0.25, 0.3) is 0 Å². The molecule has 4 atom stereocenters. The van der Waals surface area contributed by atoms with Gasteiger partial charge < -0.3 is 4.79 Å². The van der Waals surface area contributed by atoms with E-state index < -0.39 is 23.0 Å². The Morgan fingerprint density at radius 3 is 2.65 bits per heavy atom. The van der Waals surface area contributed by atoms with E-state index in [-0.39, 0.29) is 23.2 Å². The molecule has 2 aliphatic carbocycles. The number of carbonyl (C=O) groups is 2. The number of ketones is 1. The molecule has 1 unspecified atom stereocenters. The Bertz CT molecular complexity index is 1580. The molecule has 0 radical (unpaired) electrons. The predicted molar refractivity (Wildman–Crippen MR) is 136 cm³/mol. The van der Waals surface area contributed by atoms with Crippen LogP contribution in [0.2, 0.25) is 0 Å². The lowest BCUT2D eigenvalue weighted by molar-refractivity contribution is -0.137. The number of hydrogen-bond acceptors (Lipinski definition) is 5. The van der Waals surface area contributed by atoms with E-state index >= 15 is 4.39 Å². The first-order valence-corrected chi connectivity index (χ1v) is 12.5. The third kappa shape index (κ3) is 3.59. The summed E-state index contributed by atoms with van der Waals surface area (Å²) < 4.78 is 29.0. The first-order chi connectivity index (χ1) is 17.8. The molecule has 0 saturated heterocycles. The van der Waals surface area contributed by atoms with Crippen molar-refractivity contribution in [2.75, 3.05) is 0 Å². The molecule has 0 aliphatic heterocycles. The number of benzene rings is 2. The van der Waals surface area contributed by atoms with Gasteiger partial charge in [-0.05, 0) is 49.4 Å². The topological polar surface area (TPSA) is 72.8 Å². The number of para-hydroxylation sites is 1. The summed E-state index contributed by atoms with van der Waals surface area (Å²) in [5.74, 6) is -2.00. The zero-order chi connectivity index (χ0) is 25.9. The zero-order valence-electron chi connectivity index (χ0n) is 20.5. The molecule has 2 heterocycles. The lowest BCUT2D eigenvalue weighted by atomic mass is 9.54. The number of pyridine rings is 1. The monoisotopic (exact) mass is 497 g/mol. The van der Waals surface area contributed by atoms with Crippen molar-refractivity contribution in [2.24, 2.45) is 17.8 Å². The quantitative estimate of drug-likeness (QED) is 0.261. The molecule has 0 bridgehead atoms. The molecule has 7 heteroatoms. The fourth-order valence-corrected chi connectivity index (χ4v) is 6.56. The van der Waals surface area contributed by atoms with Crippen LogP contribution >= 0.6 is 0 Å². The molecular weight excluding hydrogens is 472 g/mol. The minimum atomic E-state index is -0.714. The van der Waals surface area contributed by atoms with Crippen LogP contribution in [0.4, 0.5) is 8.78 Å². The molecule has 1 saturated carbocycles. The third-order valence-corrected chi connectivity index (χ3v) is 8.37. The fourth-order valence-electron chi connectivity index (χ4n) is 6.56. The van der Waals surface area contributed by atoms with Crippen molar-refractivity contribution in [1.82, 2.24) is 15.0 Å². The van der Waals surface area contributed by atoms with Crippen molar-refractivity contribution in [3.63, 3.8) is 0 Å². The summed E-state index contributed by atoms with van der Waals surface area (Å²) >= 11 is 0. The van der Waals surface area contributed by atoms with Crippen molar-refractivity contribution in [3.8, 4) is 22.6 Å². The number of nitrogens with zero attached hydrogens (tertiary/aromatic N) is 3. The normalized spacial score (nSPS) is 25.0. The molecule has 2 aliphatic rings. The van der Waals surface area contributed by atoms with Crippen LogP contribution in [0.15, 0.2) is 54.7 Å². The van der Waals surface area contributed by atoms with Crippen LogP contribution in [0.3, 0.4) is 0 Å². The number of rotatable bonds is 3. The third-order valence-electron chi connectivity index (χ3n) is 8.37. The second-order valence-corrected chi connectivity index (χ2v) is 10.4. The molecule has 37 heavy (non-hydrogen) atoms.